The monoisotopic (exact) mass is 279 g/mol. The number of carbonyl (C=O) groups is 1. The highest BCUT2D eigenvalue weighted by Gasteiger charge is 2.15. The molecule has 1 aromatic heterocycles. The largest absolute Gasteiger partial charge is 0.494 e. The van der Waals surface area contributed by atoms with Crippen molar-refractivity contribution in [3.05, 3.63) is 65.4 Å². The van der Waals surface area contributed by atoms with E-state index in [1.807, 2.05) is 56.3 Å². The Hall–Kier alpha value is -2.55. The Kier molecular flexibility index (Phi) is 3.48. The highest BCUT2D eigenvalue weighted by Crippen LogP contribution is 2.25. The predicted octanol–water partition coefficient (Wildman–Crippen LogP) is 4.11. The van der Waals surface area contributed by atoms with Crippen LogP contribution in [-0.2, 0) is 0 Å². The molecular formula is C18H17NO2. The molecule has 1 N–H and O–H groups in total. The van der Waals surface area contributed by atoms with Crippen LogP contribution in [0.25, 0.3) is 10.9 Å². The molecule has 3 aromatic rings. The van der Waals surface area contributed by atoms with Crippen LogP contribution in [0.15, 0.2) is 48.7 Å². The third kappa shape index (κ3) is 2.42. The number of nitrogens with one attached hydrogen (secondary N) is 1. The minimum absolute atomic E-state index is 0.0265. The first-order chi connectivity index (χ1) is 10.2. The van der Waals surface area contributed by atoms with E-state index < -0.39 is 0 Å². The van der Waals surface area contributed by atoms with E-state index in [0.717, 1.165) is 22.2 Å². The van der Waals surface area contributed by atoms with Gasteiger partial charge in [-0.05, 0) is 49.7 Å². The Morgan fingerprint density at radius 1 is 1.14 bits per heavy atom. The summed E-state index contributed by atoms with van der Waals surface area (Å²) >= 11 is 0. The molecule has 0 atom stereocenters. The number of aromatic nitrogens is 1. The number of H-pyrrole nitrogens is 1. The molecule has 2 aromatic carbocycles. The Labute approximate surface area is 123 Å². The second kappa shape index (κ2) is 5.44. The van der Waals surface area contributed by atoms with E-state index in [1.165, 1.54) is 0 Å². The lowest BCUT2D eigenvalue weighted by atomic mass is 10.00. The lowest BCUT2D eigenvalue weighted by Gasteiger charge is -2.05. The van der Waals surface area contributed by atoms with E-state index in [2.05, 4.69) is 4.98 Å². The van der Waals surface area contributed by atoms with E-state index >= 15 is 0 Å². The minimum Gasteiger partial charge on any atom is -0.494 e. The quantitative estimate of drug-likeness (QED) is 0.730. The van der Waals surface area contributed by atoms with Gasteiger partial charge in [-0.1, -0.05) is 12.1 Å². The van der Waals surface area contributed by atoms with Crippen molar-refractivity contribution in [3.8, 4) is 5.75 Å². The fourth-order valence-electron chi connectivity index (χ4n) is 2.57. The summed E-state index contributed by atoms with van der Waals surface area (Å²) in [4.78, 5) is 15.8. The normalized spacial score (nSPS) is 10.8. The zero-order valence-corrected chi connectivity index (χ0v) is 12.1. The van der Waals surface area contributed by atoms with Gasteiger partial charge in [0.2, 0.25) is 0 Å². The lowest BCUT2D eigenvalue weighted by Crippen LogP contribution is -2.01. The number of hydrogen-bond acceptors (Lipinski definition) is 2. The SMILES string of the molecule is CCOc1ccc(C(=O)c2c[nH]c3cccc(C)c23)cc1. The van der Waals surface area contributed by atoms with Crippen LogP contribution in [0.3, 0.4) is 0 Å². The van der Waals surface area contributed by atoms with Crippen LogP contribution >= 0.6 is 0 Å². The molecule has 3 rings (SSSR count). The van der Waals surface area contributed by atoms with Gasteiger partial charge in [0.15, 0.2) is 5.78 Å². The summed E-state index contributed by atoms with van der Waals surface area (Å²) in [5.74, 6) is 0.808. The molecule has 21 heavy (non-hydrogen) atoms. The molecule has 0 radical (unpaired) electrons. The molecule has 0 amide bonds. The Morgan fingerprint density at radius 2 is 1.90 bits per heavy atom. The second-order valence-electron chi connectivity index (χ2n) is 4.99. The lowest BCUT2D eigenvalue weighted by molar-refractivity contribution is 0.104. The maximum absolute atomic E-state index is 12.7. The van der Waals surface area contributed by atoms with Crippen molar-refractivity contribution < 1.29 is 9.53 Å². The predicted molar refractivity (Wildman–Crippen MR) is 84.1 cm³/mol. The van der Waals surface area contributed by atoms with Crippen molar-refractivity contribution in [2.24, 2.45) is 0 Å². The van der Waals surface area contributed by atoms with Crippen LogP contribution in [0.1, 0.15) is 28.4 Å². The summed E-state index contributed by atoms with van der Waals surface area (Å²) in [6.45, 7) is 4.58. The van der Waals surface area contributed by atoms with Crippen molar-refractivity contribution in [2.75, 3.05) is 6.61 Å². The van der Waals surface area contributed by atoms with Gasteiger partial charge in [-0.2, -0.15) is 0 Å². The molecule has 0 saturated carbocycles. The molecule has 1 heterocycles. The molecule has 0 aliphatic heterocycles. The topological polar surface area (TPSA) is 42.1 Å². The molecule has 3 heteroatoms. The van der Waals surface area contributed by atoms with Crippen LogP contribution in [0.2, 0.25) is 0 Å². The standard InChI is InChI=1S/C18H17NO2/c1-3-21-14-9-7-13(8-10-14)18(20)15-11-19-16-6-4-5-12(2)17(15)16/h4-11,19H,3H2,1-2H3. The molecule has 0 bridgehead atoms. The first-order valence-electron chi connectivity index (χ1n) is 7.05. The third-order valence-corrected chi connectivity index (χ3v) is 3.59. The number of ketones is 1. The van der Waals surface area contributed by atoms with Gasteiger partial charge < -0.3 is 9.72 Å². The van der Waals surface area contributed by atoms with E-state index in [0.29, 0.717) is 17.7 Å². The van der Waals surface area contributed by atoms with Crippen molar-refractivity contribution in [2.45, 2.75) is 13.8 Å². The maximum atomic E-state index is 12.7. The average Bonchev–Trinajstić information content (AvgIpc) is 2.93. The van der Waals surface area contributed by atoms with Gasteiger partial charge in [-0.3, -0.25) is 4.79 Å². The van der Waals surface area contributed by atoms with Crippen LogP contribution in [0, 0.1) is 6.92 Å². The van der Waals surface area contributed by atoms with Crippen molar-refractivity contribution >= 4 is 16.7 Å². The van der Waals surface area contributed by atoms with E-state index in [-0.39, 0.29) is 5.78 Å². The number of ether oxygens (including phenoxy) is 1. The van der Waals surface area contributed by atoms with Crippen LogP contribution < -0.4 is 4.74 Å². The number of benzene rings is 2. The summed E-state index contributed by atoms with van der Waals surface area (Å²) in [7, 11) is 0. The van der Waals surface area contributed by atoms with Gasteiger partial charge >= 0.3 is 0 Å². The smallest absolute Gasteiger partial charge is 0.195 e. The molecule has 0 aliphatic carbocycles. The minimum atomic E-state index is 0.0265. The molecule has 0 spiro atoms. The van der Waals surface area contributed by atoms with Gasteiger partial charge in [0.05, 0.1) is 6.61 Å². The summed E-state index contributed by atoms with van der Waals surface area (Å²) < 4.78 is 5.40. The number of rotatable bonds is 4. The zero-order chi connectivity index (χ0) is 14.8. The Morgan fingerprint density at radius 3 is 2.62 bits per heavy atom. The summed E-state index contributed by atoms with van der Waals surface area (Å²) in [5, 5.41) is 0.997. The van der Waals surface area contributed by atoms with Crippen molar-refractivity contribution in [3.63, 3.8) is 0 Å². The molecule has 3 nitrogen and oxygen atoms in total. The van der Waals surface area contributed by atoms with Gasteiger partial charge in [0, 0.05) is 28.2 Å². The Bertz CT molecular complexity index is 785. The zero-order valence-electron chi connectivity index (χ0n) is 12.1. The average molecular weight is 279 g/mol. The van der Waals surface area contributed by atoms with E-state index in [1.54, 1.807) is 6.20 Å². The fourth-order valence-corrected chi connectivity index (χ4v) is 2.57. The molecule has 0 aliphatic rings. The fraction of sp³-hybridized carbons (Fsp3) is 0.167. The van der Waals surface area contributed by atoms with Gasteiger partial charge in [0.25, 0.3) is 0 Å². The summed E-state index contributed by atoms with van der Waals surface area (Å²) in [6.07, 6.45) is 1.79. The van der Waals surface area contributed by atoms with Crippen molar-refractivity contribution in [1.82, 2.24) is 4.98 Å². The number of hydrogen-bond donors (Lipinski definition) is 1. The molecule has 0 unspecified atom stereocenters. The van der Waals surface area contributed by atoms with Crippen molar-refractivity contribution in [1.29, 1.82) is 0 Å². The van der Waals surface area contributed by atoms with Crippen LogP contribution in [0.4, 0.5) is 0 Å². The van der Waals surface area contributed by atoms with Gasteiger partial charge in [0.1, 0.15) is 5.75 Å². The van der Waals surface area contributed by atoms with E-state index in [9.17, 15) is 4.79 Å². The van der Waals surface area contributed by atoms with Crippen LogP contribution in [-0.4, -0.2) is 17.4 Å². The number of aryl methyl sites for hydroxylation is 1. The Balaban J connectivity index is 2.00. The first-order valence-corrected chi connectivity index (χ1v) is 7.05. The third-order valence-electron chi connectivity index (χ3n) is 3.59. The van der Waals surface area contributed by atoms with Crippen LogP contribution in [0.5, 0.6) is 5.75 Å². The first kappa shape index (κ1) is 13.4. The molecule has 0 fully saturated rings. The maximum Gasteiger partial charge on any atom is 0.195 e. The number of carbonyl (C=O) groups excluding carboxylic acids is 1. The highest BCUT2D eigenvalue weighted by molar-refractivity contribution is 6.17. The summed E-state index contributed by atoms with van der Waals surface area (Å²) in [6, 6.07) is 13.3. The number of fused-ring (bicyclic) bond motifs is 1. The summed E-state index contributed by atoms with van der Waals surface area (Å²) in [5.41, 5.74) is 3.47. The highest BCUT2D eigenvalue weighted by atomic mass is 16.5. The molecule has 106 valence electrons. The number of aromatic amines is 1. The van der Waals surface area contributed by atoms with E-state index in [4.69, 9.17) is 4.74 Å². The molecular weight excluding hydrogens is 262 g/mol. The van der Waals surface area contributed by atoms with Gasteiger partial charge in [-0.15, -0.1) is 0 Å². The second-order valence-corrected chi connectivity index (χ2v) is 4.99. The van der Waals surface area contributed by atoms with Gasteiger partial charge in [-0.25, -0.2) is 0 Å². The molecule has 0 saturated heterocycles.